The van der Waals surface area contributed by atoms with E-state index in [0.29, 0.717) is 13.2 Å². The van der Waals surface area contributed by atoms with E-state index in [9.17, 15) is 0 Å². The van der Waals surface area contributed by atoms with Crippen molar-refractivity contribution >= 4 is 26.7 Å². The fourth-order valence-corrected chi connectivity index (χ4v) is 1.84. The molecule has 0 unspecified atom stereocenters. The molecule has 2 aromatic carbocycles. The highest BCUT2D eigenvalue weighted by Gasteiger charge is 1.97. The molecule has 0 radical (unpaired) electrons. The van der Waals surface area contributed by atoms with E-state index in [1.807, 2.05) is 24.3 Å². The minimum absolute atomic E-state index is 0.538. The molecule has 2 aromatic rings. The zero-order valence-corrected chi connectivity index (χ0v) is 9.83. The Labute approximate surface area is 97.2 Å². The van der Waals surface area contributed by atoms with Gasteiger partial charge in [-0.25, -0.2) is 0 Å². The van der Waals surface area contributed by atoms with E-state index in [1.54, 1.807) is 0 Å². The monoisotopic (exact) mass is 265 g/mol. The Kier molecular flexibility index (Phi) is 3.23. The van der Waals surface area contributed by atoms with E-state index < -0.39 is 0 Å². The van der Waals surface area contributed by atoms with Gasteiger partial charge in [0.2, 0.25) is 0 Å². The topological polar surface area (TPSA) is 35.2 Å². The van der Waals surface area contributed by atoms with Gasteiger partial charge < -0.3 is 10.5 Å². The van der Waals surface area contributed by atoms with Crippen molar-refractivity contribution in [1.29, 1.82) is 0 Å². The van der Waals surface area contributed by atoms with Crippen LogP contribution >= 0.6 is 15.9 Å². The first kappa shape index (κ1) is 10.5. The summed E-state index contributed by atoms with van der Waals surface area (Å²) in [6.07, 6.45) is 0. The first-order valence-electron chi connectivity index (χ1n) is 4.82. The summed E-state index contributed by atoms with van der Waals surface area (Å²) >= 11 is 3.45. The number of benzene rings is 2. The zero-order chi connectivity index (χ0) is 10.7. The molecule has 3 heteroatoms. The first-order chi connectivity index (χ1) is 7.29. The summed E-state index contributed by atoms with van der Waals surface area (Å²) in [4.78, 5) is 0. The number of halogens is 1. The van der Waals surface area contributed by atoms with Crippen molar-refractivity contribution in [3.05, 3.63) is 40.9 Å². The maximum Gasteiger partial charge on any atom is 0.120 e. The van der Waals surface area contributed by atoms with Crippen molar-refractivity contribution in [3.8, 4) is 5.75 Å². The van der Waals surface area contributed by atoms with E-state index in [4.69, 9.17) is 10.5 Å². The lowest BCUT2D eigenvalue weighted by atomic mass is 10.1. The number of ether oxygens (including phenoxy) is 1. The average Bonchev–Trinajstić information content (AvgIpc) is 2.25. The summed E-state index contributed by atoms with van der Waals surface area (Å²) in [6.45, 7) is 1.09. The predicted octanol–water partition coefficient (Wildman–Crippen LogP) is 2.94. The molecule has 2 rings (SSSR count). The molecule has 0 saturated carbocycles. The van der Waals surface area contributed by atoms with Crippen LogP contribution in [-0.4, -0.2) is 13.2 Å². The molecule has 0 fully saturated rings. The van der Waals surface area contributed by atoms with Gasteiger partial charge in [0.15, 0.2) is 0 Å². The third kappa shape index (κ3) is 2.49. The first-order valence-corrected chi connectivity index (χ1v) is 5.61. The molecule has 15 heavy (non-hydrogen) atoms. The Morgan fingerprint density at radius 3 is 2.67 bits per heavy atom. The van der Waals surface area contributed by atoms with Crippen LogP contribution in [0.3, 0.4) is 0 Å². The molecule has 0 amide bonds. The minimum atomic E-state index is 0.538. The van der Waals surface area contributed by atoms with Gasteiger partial charge in [0.25, 0.3) is 0 Å². The van der Waals surface area contributed by atoms with Gasteiger partial charge in [0.05, 0.1) is 0 Å². The number of nitrogens with two attached hydrogens (primary N) is 1. The molecule has 2 N–H and O–H groups in total. The lowest BCUT2D eigenvalue weighted by Crippen LogP contribution is -2.10. The van der Waals surface area contributed by atoms with E-state index in [2.05, 4.69) is 28.1 Å². The Morgan fingerprint density at radius 2 is 1.87 bits per heavy atom. The maximum atomic E-state index is 5.46. The number of fused-ring (bicyclic) bond motifs is 1. The van der Waals surface area contributed by atoms with Crippen LogP contribution in [0, 0.1) is 0 Å². The van der Waals surface area contributed by atoms with Crippen LogP contribution < -0.4 is 10.5 Å². The molecule has 0 aliphatic heterocycles. The lowest BCUT2D eigenvalue weighted by molar-refractivity contribution is 0.329. The SMILES string of the molecule is NCCOc1ccc2ccc(Br)cc2c1. The van der Waals surface area contributed by atoms with Gasteiger partial charge in [0, 0.05) is 11.0 Å². The van der Waals surface area contributed by atoms with E-state index in [0.717, 1.165) is 10.2 Å². The Morgan fingerprint density at radius 1 is 1.07 bits per heavy atom. The highest BCUT2D eigenvalue weighted by atomic mass is 79.9. The summed E-state index contributed by atoms with van der Waals surface area (Å²) in [5.41, 5.74) is 5.38. The van der Waals surface area contributed by atoms with Gasteiger partial charge in [-0.15, -0.1) is 0 Å². The molecule has 78 valence electrons. The van der Waals surface area contributed by atoms with Crippen LogP contribution in [0.25, 0.3) is 10.8 Å². The van der Waals surface area contributed by atoms with Crippen LogP contribution in [0.1, 0.15) is 0 Å². The molecule has 0 heterocycles. The Bertz CT molecular complexity index is 470. The van der Waals surface area contributed by atoms with Crippen LogP contribution in [-0.2, 0) is 0 Å². The second kappa shape index (κ2) is 4.64. The maximum absolute atomic E-state index is 5.46. The molecule has 0 aromatic heterocycles. The van der Waals surface area contributed by atoms with Gasteiger partial charge in [-0.2, -0.15) is 0 Å². The van der Waals surface area contributed by atoms with Gasteiger partial charge in [0.1, 0.15) is 12.4 Å². The number of hydrogen-bond acceptors (Lipinski definition) is 2. The van der Waals surface area contributed by atoms with Crippen LogP contribution in [0.5, 0.6) is 5.75 Å². The molecular formula is C12H12BrNO. The normalized spacial score (nSPS) is 10.5. The van der Waals surface area contributed by atoms with Crippen molar-refractivity contribution in [2.45, 2.75) is 0 Å². The quantitative estimate of drug-likeness (QED) is 0.927. The molecule has 0 aliphatic rings. The molecule has 2 nitrogen and oxygen atoms in total. The highest BCUT2D eigenvalue weighted by Crippen LogP contribution is 2.24. The second-order valence-corrected chi connectivity index (χ2v) is 4.21. The fraction of sp³-hybridized carbons (Fsp3) is 0.167. The van der Waals surface area contributed by atoms with Crippen LogP contribution in [0.15, 0.2) is 40.9 Å². The second-order valence-electron chi connectivity index (χ2n) is 3.29. The van der Waals surface area contributed by atoms with Gasteiger partial charge >= 0.3 is 0 Å². The fourth-order valence-electron chi connectivity index (χ4n) is 1.46. The molecule has 0 aliphatic carbocycles. The highest BCUT2D eigenvalue weighted by molar-refractivity contribution is 9.10. The predicted molar refractivity (Wildman–Crippen MR) is 66.2 cm³/mol. The van der Waals surface area contributed by atoms with Crippen LogP contribution in [0.4, 0.5) is 0 Å². The molecule has 0 spiro atoms. The third-order valence-corrected chi connectivity index (χ3v) is 2.65. The summed E-state index contributed by atoms with van der Waals surface area (Å²) in [6, 6.07) is 12.2. The zero-order valence-electron chi connectivity index (χ0n) is 8.24. The molecule has 0 bridgehead atoms. The Balaban J connectivity index is 2.36. The third-order valence-electron chi connectivity index (χ3n) is 2.16. The Hall–Kier alpha value is -1.06. The molecular weight excluding hydrogens is 254 g/mol. The van der Waals surface area contributed by atoms with Crippen molar-refractivity contribution in [2.24, 2.45) is 5.73 Å². The summed E-state index contributed by atoms with van der Waals surface area (Å²) in [5, 5.41) is 2.37. The van der Waals surface area contributed by atoms with Gasteiger partial charge in [-0.05, 0) is 35.0 Å². The summed E-state index contributed by atoms with van der Waals surface area (Å²) in [5.74, 6) is 0.867. The van der Waals surface area contributed by atoms with Gasteiger partial charge in [-0.3, -0.25) is 0 Å². The van der Waals surface area contributed by atoms with E-state index in [-0.39, 0.29) is 0 Å². The average molecular weight is 266 g/mol. The summed E-state index contributed by atoms with van der Waals surface area (Å²) < 4.78 is 6.54. The standard InChI is InChI=1S/C12H12BrNO/c13-11-3-1-9-2-4-12(15-6-5-14)8-10(9)7-11/h1-4,7-8H,5-6,14H2. The molecule has 0 saturated heterocycles. The lowest BCUT2D eigenvalue weighted by Gasteiger charge is -2.05. The van der Waals surface area contributed by atoms with Gasteiger partial charge in [-0.1, -0.05) is 28.1 Å². The summed E-state index contributed by atoms with van der Waals surface area (Å²) in [7, 11) is 0. The van der Waals surface area contributed by atoms with Crippen molar-refractivity contribution in [3.63, 3.8) is 0 Å². The minimum Gasteiger partial charge on any atom is -0.492 e. The molecule has 0 atom stereocenters. The van der Waals surface area contributed by atoms with E-state index in [1.165, 1.54) is 10.8 Å². The largest absolute Gasteiger partial charge is 0.492 e. The van der Waals surface area contributed by atoms with Crippen LogP contribution in [0.2, 0.25) is 0 Å². The number of rotatable bonds is 3. The van der Waals surface area contributed by atoms with Crippen molar-refractivity contribution < 1.29 is 4.74 Å². The van der Waals surface area contributed by atoms with Crippen molar-refractivity contribution in [1.82, 2.24) is 0 Å². The van der Waals surface area contributed by atoms with Crippen molar-refractivity contribution in [2.75, 3.05) is 13.2 Å². The number of hydrogen-bond donors (Lipinski definition) is 1. The van der Waals surface area contributed by atoms with E-state index >= 15 is 0 Å². The smallest absolute Gasteiger partial charge is 0.120 e.